The highest BCUT2D eigenvalue weighted by atomic mass is 14.1. The van der Waals surface area contributed by atoms with Crippen molar-refractivity contribution in [1.29, 1.82) is 0 Å². The van der Waals surface area contributed by atoms with Gasteiger partial charge >= 0.3 is 0 Å². The molecular weight excluding hydrogens is 156 g/mol. The Morgan fingerprint density at radius 3 is 1.62 bits per heavy atom. The first-order valence-electron chi connectivity index (χ1n) is 5.34. The number of hydrogen-bond acceptors (Lipinski definition) is 0. The van der Waals surface area contributed by atoms with Crippen LogP contribution in [0.25, 0.3) is 0 Å². The van der Waals surface area contributed by atoms with Gasteiger partial charge in [-0.15, -0.1) is 0 Å². The molecule has 0 atom stereocenters. The maximum atomic E-state index is 2.36. The molecule has 72 valence electrons. The van der Waals surface area contributed by atoms with Crippen LogP contribution < -0.4 is 0 Å². The molecule has 0 N–H and O–H groups in total. The van der Waals surface area contributed by atoms with E-state index in [4.69, 9.17) is 0 Å². The zero-order valence-electron chi connectivity index (χ0n) is 9.28. The molecule has 13 heavy (non-hydrogen) atoms. The van der Waals surface area contributed by atoms with Gasteiger partial charge in [-0.25, -0.2) is 0 Å². The smallest absolute Gasteiger partial charge is 0.0305 e. The molecule has 0 aliphatic rings. The van der Waals surface area contributed by atoms with E-state index in [0.717, 1.165) is 19.3 Å². The van der Waals surface area contributed by atoms with Crippen LogP contribution in [0.3, 0.4) is 0 Å². The fourth-order valence-corrected chi connectivity index (χ4v) is 1.85. The molecule has 0 saturated heterocycles. The topological polar surface area (TPSA) is 0 Å². The zero-order valence-corrected chi connectivity index (χ0v) is 9.28. The Morgan fingerprint density at radius 2 is 1.31 bits per heavy atom. The van der Waals surface area contributed by atoms with Crippen LogP contribution >= 0.6 is 0 Å². The van der Waals surface area contributed by atoms with Gasteiger partial charge in [0.15, 0.2) is 0 Å². The highest BCUT2D eigenvalue weighted by Crippen LogP contribution is 2.18. The van der Waals surface area contributed by atoms with Gasteiger partial charge in [-0.05, 0) is 48.4 Å². The van der Waals surface area contributed by atoms with Gasteiger partial charge in [-0.1, -0.05) is 32.9 Å². The molecule has 0 unspecified atom stereocenters. The molecule has 0 bridgehead atoms. The van der Waals surface area contributed by atoms with E-state index >= 15 is 0 Å². The molecule has 1 aromatic rings. The summed E-state index contributed by atoms with van der Waals surface area (Å²) in [5, 5.41) is 0. The predicted molar refractivity (Wildman–Crippen MR) is 59.3 cm³/mol. The molecular formula is C13H20. The Kier molecular flexibility index (Phi) is 3.53. The molecule has 0 spiro atoms. The second kappa shape index (κ2) is 4.45. The maximum Gasteiger partial charge on any atom is -0.0305 e. The van der Waals surface area contributed by atoms with Crippen LogP contribution in [0.15, 0.2) is 12.1 Å². The van der Waals surface area contributed by atoms with Crippen molar-refractivity contribution >= 4 is 0 Å². The molecule has 0 heterocycles. The summed E-state index contributed by atoms with van der Waals surface area (Å²) >= 11 is 0. The molecule has 0 nitrogen and oxygen atoms in total. The molecule has 1 rings (SSSR count). The van der Waals surface area contributed by atoms with Crippen molar-refractivity contribution in [3.8, 4) is 0 Å². The van der Waals surface area contributed by atoms with Gasteiger partial charge in [-0.2, -0.15) is 0 Å². The Hall–Kier alpha value is -0.780. The van der Waals surface area contributed by atoms with Crippen molar-refractivity contribution in [2.75, 3.05) is 0 Å². The van der Waals surface area contributed by atoms with E-state index in [0.29, 0.717) is 0 Å². The molecule has 0 heteroatoms. The van der Waals surface area contributed by atoms with Crippen molar-refractivity contribution in [2.24, 2.45) is 0 Å². The van der Waals surface area contributed by atoms with E-state index in [1.807, 2.05) is 0 Å². The standard InChI is InChI=1S/C13H20/c1-5-11-8-12(6-2)10(4)13(7-3)9-11/h8-9H,5-7H2,1-4H3. The van der Waals surface area contributed by atoms with Crippen molar-refractivity contribution in [2.45, 2.75) is 47.0 Å². The van der Waals surface area contributed by atoms with Crippen molar-refractivity contribution in [3.05, 3.63) is 34.4 Å². The minimum Gasteiger partial charge on any atom is -0.0613 e. The van der Waals surface area contributed by atoms with Crippen molar-refractivity contribution in [1.82, 2.24) is 0 Å². The van der Waals surface area contributed by atoms with Gasteiger partial charge in [0, 0.05) is 0 Å². The summed E-state index contributed by atoms with van der Waals surface area (Å²) in [5.74, 6) is 0. The lowest BCUT2D eigenvalue weighted by atomic mass is 9.95. The Balaban J connectivity index is 3.20. The Labute approximate surface area is 82.0 Å². The number of hydrogen-bond donors (Lipinski definition) is 0. The number of rotatable bonds is 3. The van der Waals surface area contributed by atoms with Crippen molar-refractivity contribution < 1.29 is 0 Å². The minimum atomic E-state index is 1.15. The summed E-state index contributed by atoms with van der Waals surface area (Å²) in [5.41, 5.74) is 6.04. The normalized spacial score (nSPS) is 10.5. The fourth-order valence-electron chi connectivity index (χ4n) is 1.85. The van der Waals surface area contributed by atoms with E-state index in [1.54, 1.807) is 0 Å². The minimum absolute atomic E-state index is 1.15. The van der Waals surface area contributed by atoms with Crippen molar-refractivity contribution in [3.63, 3.8) is 0 Å². The maximum absolute atomic E-state index is 2.36. The third kappa shape index (κ3) is 2.12. The zero-order chi connectivity index (χ0) is 9.84. The third-order valence-corrected chi connectivity index (χ3v) is 2.85. The van der Waals surface area contributed by atoms with Gasteiger partial charge in [0.25, 0.3) is 0 Å². The summed E-state index contributed by atoms with van der Waals surface area (Å²) in [7, 11) is 0. The first kappa shape index (κ1) is 10.3. The van der Waals surface area contributed by atoms with Crippen LogP contribution in [0.4, 0.5) is 0 Å². The lowest BCUT2D eigenvalue weighted by molar-refractivity contribution is 1.01. The molecule has 0 fully saturated rings. The lowest BCUT2D eigenvalue weighted by Crippen LogP contribution is -1.96. The van der Waals surface area contributed by atoms with Crippen LogP contribution in [0, 0.1) is 6.92 Å². The molecule has 0 amide bonds. The quantitative estimate of drug-likeness (QED) is 0.659. The summed E-state index contributed by atoms with van der Waals surface area (Å²) in [4.78, 5) is 0. The number of benzene rings is 1. The first-order valence-corrected chi connectivity index (χ1v) is 5.34. The van der Waals surface area contributed by atoms with Crippen LogP contribution in [-0.2, 0) is 19.3 Å². The highest BCUT2D eigenvalue weighted by molar-refractivity contribution is 5.38. The second-order valence-corrected chi connectivity index (χ2v) is 3.60. The molecule has 0 aliphatic carbocycles. The van der Waals surface area contributed by atoms with Crippen LogP contribution in [0.1, 0.15) is 43.0 Å². The van der Waals surface area contributed by atoms with Crippen LogP contribution in [0.2, 0.25) is 0 Å². The van der Waals surface area contributed by atoms with E-state index < -0.39 is 0 Å². The van der Waals surface area contributed by atoms with Crippen LogP contribution in [0.5, 0.6) is 0 Å². The summed E-state index contributed by atoms with van der Waals surface area (Å²) in [6.45, 7) is 8.95. The molecule has 0 radical (unpaired) electrons. The monoisotopic (exact) mass is 176 g/mol. The van der Waals surface area contributed by atoms with E-state index in [9.17, 15) is 0 Å². The third-order valence-electron chi connectivity index (χ3n) is 2.85. The van der Waals surface area contributed by atoms with Gasteiger partial charge < -0.3 is 0 Å². The summed E-state index contributed by atoms with van der Waals surface area (Å²) in [6.07, 6.45) is 3.47. The van der Waals surface area contributed by atoms with E-state index in [1.165, 1.54) is 22.3 Å². The molecule has 0 aromatic heterocycles. The number of aryl methyl sites for hydroxylation is 3. The lowest BCUT2D eigenvalue weighted by Gasteiger charge is -2.11. The second-order valence-electron chi connectivity index (χ2n) is 3.60. The van der Waals surface area contributed by atoms with E-state index in [2.05, 4.69) is 39.8 Å². The highest BCUT2D eigenvalue weighted by Gasteiger charge is 2.03. The first-order chi connectivity index (χ1) is 6.22. The average Bonchev–Trinajstić information content (AvgIpc) is 2.18. The Bertz CT molecular complexity index is 259. The largest absolute Gasteiger partial charge is 0.0613 e. The average molecular weight is 176 g/mol. The van der Waals surface area contributed by atoms with Gasteiger partial charge in [-0.3, -0.25) is 0 Å². The molecule has 0 aliphatic heterocycles. The molecule has 0 saturated carbocycles. The fraction of sp³-hybridized carbons (Fsp3) is 0.538. The van der Waals surface area contributed by atoms with Gasteiger partial charge in [0.1, 0.15) is 0 Å². The van der Waals surface area contributed by atoms with Gasteiger partial charge in [0.2, 0.25) is 0 Å². The SMILES string of the molecule is CCc1cc(CC)c(C)c(CC)c1. The molecule has 1 aromatic carbocycles. The Morgan fingerprint density at radius 1 is 0.846 bits per heavy atom. The summed E-state index contributed by atoms with van der Waals surface area (Å²) in [6, 6.07) is 4.71. The van der Waals surface area contributed by atoms with Crippen LogP contribution in [-0.4, -0.2) is 0 Å². The van der Waals surface area contributed by atoms with E-state index in [-0.39, 0.29) is 0 Å². The summed E-state index contributed by atoms with van der Waals surface area (Å²) < 4.78 is 0. The predicted octanol–water partition coefficient (Wildman–Crippen LogP) is 3.68. The van der Waals surface area contributed by atoms with Gasteiger partial charge in [0.05, 0.1) is 0 Å².